The molecule has 120 valence electrons. The minimum absolute atomic E-state index is 0.00786. The van der Waals surface area contributed by atoms with Crippen LogP contribution < -0.4 is 4.72 Å². The topological polar surface area (TPSA) is 66.5 Å². The highest BCUT2D eigenvalue weighted by Gasteiger charge is 2.23. The van der Waals surface area contributed by atoms with Gasteiger partial charge in [-0.05, 0) is 37.5 Å². The van der Waals surface area contributed by atoms with Crippen LogP contribution in [0, 0.1) is 5.82 Å². The summed E-state index contributed by atoms with van der Waals surface area (Å²) in [6.07, 6.45) is 4.30. The predicted molar refractivity (Wildman–Crippen MR) is 81.5 cm³/mol. The highest BCUT2D eigenvalue weighted by Crippen LogP contribution is 2.19. The quantitative estimate of drug-likeness (QED) is 0.841. The van der Waals surface area contributed by atoms with Gasteiger partial charge in [-0.3, -0.25) is 4.79 Å². The fourth-order valence-electron chi connectivity index (χ4n) is 2.37. The van der Waals surface area contributed by atoms with Crippen LogP contribution in [-0.2, 0) is 10.0 Å². The first-order valence-corrected chi connectivity index (χ1v) is 8.63. The number of nitrogens with one attached hydrogen (secondary N) is 1. The Morgan fingerprint density at radius 1 is 1.32 bits per heavy atom. The number of carbonyl (C=O) groups is 1. The molecular weight excluding hydrogens is 307 g/mol. The maximum atomic E-state index is 13.8. The molecule has 1 fully saturated rings. The van der Waals surface area contributed by atoms with Crippen LogP contribution in [-0.4, -0.2) is 38.9 Å². The molecule has 5 nitrogen and oxygen atoms in total. The van der Waals surface area contributed by atoms with Crippen LogP contribution >= 0.6 is 0 Å². The second-order valence-corrected chi connectivity index (χ2v) is 6.87. The lowest BCUT2D eigenvalue weighted by Crippen LogP contribution is -2.35. The summed E-state index contributed by atoms with van der Waals surface area (Å²) in [5.41, 5.74) is 0.183. The van der Waals surface area contributed by atoms with Crippen LogP contribution in [0.3, 0.4) is 0 Å². The molecule has 0 spiro atoms. The second-order valence-electron chi connectivity index (χ2n) is 5.14. The van der Waals surface area contributed by atoms with E-state index in [0.29, 0.717) is 13.1 Å². The standard InChI is InChI=1S/C15H19FN2O3S/c1-2-8-17-22(20,21)14-11-12(6-7-13(14)16)15(19)18-9-4-3-5-10-18/h2,6-7,11,17H,1,3-5,8-10H2. The molecule has 1 heterocycles. The average Bonchev–Trinajstić information content (AvgIpc) is 2.53. The van der Waals surface area contributed by atoms with E-state index in [2.05, 4.69) is 11.3 Å². The van der Waals surface area contributed by atoms with Crippen molar-refractivity contribution in [1.82, 2.24) is 9.62 Å². The van der Waals surface area contributed by atoms with Crippen LogP contribution in [0.4, 0.5) is 4.39 Å². The lowest BCUT2D eigenvalue weighted by atomic mass is 10.1. The fourth-order valence-corrected chi connectivity index (χ4v) is 3.47. The molecule has 0 saturated carbocycles. The summed E-state index contributed by atoms with van der Waals surface area (Å²) in [7, 11) is -4.01. The summed E-state index contributed by atoms with van der Waals surface area (Å²) >= 11 is 0. The van der Waals surface area contributed by atoms with Crippen molar-refractivity contribution in [2.45, 2.75) is 24.2 Å². The molecule has 1 saturated heterocycles. The SMILES string of the molecule is C=CCNS(=O)(=O)c1cc(C(=O)N2CCCCC2)ccc1F. The zero-order chi connectivity index (χ0) is 16.2. The molecule has 0 bridgehead atoms. The van der Waals surface area contributed by atoms with Gasteiger partial charge in [0.2, 0.25) is 10.0 Å². The van der Waals surface area contributed by atoms with E-state index >= 15 is 0 Å². The van der Waals surface area contributed by atoms with E-state index in [4.69, 9.17) is 0 Å². The maximum Gasteiger partial charge on any atom is 0.253 e. The number of hydrogen-bond donors (Lipinski definition) is 1. The van der Waals surface area contributed by atoms with Gasteiger partial charge < -0.3 is 4.90 Å². The molecule has 1 N–H and O–H groups in total. The van der Waals surface area contributed by atoms with Crippen LogP contribution in [0.25, 0.3) is 0 Å². The number of nitrogens with zero attached hydrogens (tertiary/aromatic N) is 1. The lowest BCUT2D eigenvalue weighted by Gasteiger charge is -2.26. The molecule has 0 aromatic heterocycles. The van der Waals surface area contributed by atoms with E-state index in [9.17, 15) is 17.6 Å². The second kappa shape index (κ2) is 7.02. The van der Waals surface area contributed by atoms with Crippen molar-refractivity contribution in [2.75, 3.05) is 19.6 Å². The number of likely N-dealkylation sites (tertiary alicyclic amines) is 1. The van der Waals surface area contributed by atoms with Gasteiger partial charge in [0.25, 0.3) is 5.91 Å². The van der Waals surface area contributed by atoms with Gasteiger partial charge in [0.1, 0.15) is 10.7 Å². The third-order valence-corrected chi connectivity index (χ3v) is 4.97. The summed E-state index contributed by atoms with van der Waals surface area (Å²) in [5, 5.41) is 0. The van der Waals surface area contributed by atoms with Crippen molar-refractivity contribution in [2.24, 2.45) is 0 Å². The number of rotatable bonds is 5. The smallest absolute Gasteiger partial charge is 0.253 e. The maximum absolute atomic E-state index is 13.8. The Kier molecular flexibility index (Phi) is 5.31. The fraction of sp³-hybridized carbons (Fsp3) is 0.400. The van der Waals surface area contributed by atoms with Gasteiger partial charge >= 0.3 is 0 Å². The first-order valence-electron chi connectivity index (χ1n) is 7.15. The van der Waals surface area contributed by atoms with Crippen molar-refractivity contribution in [3.05, 3.63) is 42.2 Å². The predicted octanol–water partition coefficient (Wildman–Crippen LogP) is 1.92. The molecule has 1 amide bonds. The molecule has 1 aromatic carbocycles. The first kappa shape index (κ1) is 16.6. The normalized spacial score (nSPS) is 15.6. The Labute approximate surface area is 129 Å². The number of piperidine rings is 1. The van der Waals surface area contributed by atoms with E-state index in [-0.39, 0.29) is 18.0 Å². The third-order valence-electron chi connectivity index (χ3n) is 3.53. The van der Waals surface area contributed by atoms with Gasteiger partial charge in [-0.15, -0.1) is 6.58 Å². The molecule has 0 radical (unpaired) electrons. The van der Waals surface area contributed by atoms with Crippen molar-refractivity contribution in [3.63, 3.8) is 0 Å². The molecule has 22 heavy (non-hydrogen) atoms. The minimum atomic E-state index is -4.01. The van der Waals surface area contributed by atoms with E-state index in [1.54, 1.807) is 4.90 Å². The van der Waals surface area contributed by atoms with E-state index in [0.717, 1.165) is 31.4 Å². The monoisotopic (exact) mass is 326 g/mol. The molecule has 2 rings (SSSR count). The van der Waals surface area contributed by atoms with Crippen LogP contribution in [0.15, 0.2) is 35.7 Å². The van der Waals surface area contributed by atoms with E-state index in [1.807, 2.05) is 0 Å². The largest absolute Gasteiger partial charge is 0.339 e. The minimum Gasteiger partial charge on any atom is -0.339 e. The summed E-state index contributed by atoms with van der Waals surface area (Å²) in [5.74, 6) is -1.15. The van der Waals surface area contributed by atoms with Gasteiger partial charge in [-0.1, -0.05) is 6.08 Å². The van der Waals surface area contributed by atoms with Gasteiger partial charge in [-0.25, -0.2) is 17.5 Å². The number of carbonyl (C=O) groups excluding carboxylic acids is 1. The van der Waals surface area contributed by atoms with Gasteiger partial charge in [-0.2, -0.15) is 0 Å². The third kappa shape index (κ3) is 3.72. The van der Waals surface area contributed by atoms with Crippen molar-refractivity contribution < 1.29 is 17.6 Å². The van der Waals surface area contributed by atoms with Gasteiger partial charge in [0.05, 0.1) is 0 Å². The number of hydrogen-bond acceptors (Lipinski definition) is 3. The van der Waals surface area contributed by atoms with Crippen LogP contribution in [0.2, 0.25) is 0 Å². The molecule has 1 aromatic rings. The Hall–Kier alpha value is -1.73. The molecule has 1 aliphatic rings. The zero-order valence-corrected chi connectivity index (χ0v) is 13.0. The lowest BCUT2D eigenvalue weighted by molar-refractivity contribution is 0.0724. The summed E-state index contributed by atoms with van der Waals surface area (Å²) in [6.45, 7) is 4.69. The summed E-state index contributed by atoms with van der Waals surface area (Å²) in [4.78, 5) is 13.5. The van der Waals surface area contributed by atoms with E-state index < -0.39 is 20.7 Å². The Morgan fingerprint density at radius 2 is 2.00 bits per heavy atom. The van der Waals surface area contributed by atoms with Crippen LogP contribution in [0.5, 0.6) is 0 Å². The average molecular weight is 326 g/mol. The number of halogens is 1. The molecule has 0 aliphatic carbocycles. The highest BCUT2D eigenvalue weighted by atomic mass is 32.2. The Bertz CT molecular complexity index is 667. The van der Waals surface area contributed by atoms with Crippen molar-refractivity contribution in [3.8, 4) is 0 Å². The number of amides is 1. The van der Waals surface area contributed by atoms with Crippen LogP contribution in [0.1, 0.15) is 29.6 Å². The molecule has 0 unspecified atom stereocenters. The molecule has 7 heteroatoms. The van der Waals surface area contributed by atoms with Crippen molar-refractivity contribution >= 4 is 15.9 Å². The summed E-state index contributed by atoms with van der Waals surface area (Å²) in [6, 6.07) is 3.43. The zero-order valence-electron chi connectivity index (χ0n) is 12.2. The highest BCUT2D eigenvalue weighted by molar-refractivity contribution is 7.89. The van der Waals surface area contributed by atoms with E-state index in [1.165, 1.54) is 12.1 Å². The van der Waals surface area contributed by atoms with Crippen molar-refractivity contribution in [1.29, 1.82) is 0 Å². The Morgan fingerprint density at radius 3 is 2.64 bits per heavy atom. The number of benzene rings is 1. The van der Waals surface area contributed by atoms with Gasteiger partial charge in [0, 0.05) is 25.2 Å². The Balaban J connectivity index is 2.29. The molecule has 0 atom stereocenters. The number of sulfonamides is 1. The first-order chi connectivity index (χ1) is 10.5. The summed E-state index contributed by atoms with van der Waals surface area (Å²) < 4.78 is 40.1. The molecular formula is C15H19FN2O3S. The molecule has 1 aliphatic heterocycles. The van der Waals surface area contributed by atoms with Gasteiger partial charge in [0.15, 0.2) is 0 Å².